The number of imide groups is 2. The van der Waals surface area contributed by atoms with Gasteiger partial charge in [0.2, 0.25) is 11.8 Å². The molecule has 1 aromatic carbocycles. The number of hydrogen-bond acceptors (Lipinski definition) is 6. The average molecular weight is 398 g/mol. The first-order valence-electron chi connectivity index (χ1n) is 10.1. The zero-order valence-electron chi connectivity index (χ0n) is 16.8. The molecule has 1 unspecified atom stereocenters. The SMILES string of the molecule is CC1(C)CNCCCN1Cc1ccc2c(c1)C(=O)N(C1CCC(=O)NC1=O)C2=O. The van der Waals surface area contributed by atoms with Crippen molar-refractivity contribution in [1.29, 1.82) is 0 Å². The number of carbonyl (C=O) groups excluding carboxylic acids is 4. The molecule has 1 aromatic rings. The second kappa shape index (κ2) is 7.35. The van der Waals surface area contributed by atoms with Gasteiger partial charge in [-0.15, -0.1) is 0 Å². The van der Waals surface area contributed by atoms with Crippen molar-refractivity contribution in [3.05, 3.63) is 34.9 Å². The predicted octanol–water partition coefficient (Wildman–Crippen LogP) is 0.662. The molecule has 0 bridgehead atoms. The van der Waals surface area contributed by atoms with E-state index in [9.17, 15) is 19.2 Å². The standard InChI is InChI=1S/C21H26N4O4/c1-21(2)12-22-8-3-9-24(21)11-13-4-5-14-15(10-13)20(29)25(19(14)28)16-6-7-17(26)23-18(16)27/h4-5,10,16,22H,3,6-9,11-12H2,1-2H3,(H,23,26,27). The van der Waals surface area contributed by atoms with Crippen molar-refractivity contribution >= 4 is 23.6 Å². The molecule has 0 radical (unpaired) electrons. The molecule has 2 fully saturated rings. The first kappa shape index (κ1) is 19.7. The van der Waals surface area contributed by atoms with Crippen LogP contribution in [0.2, 0.25) is 0 Å². The molecule has 8 heteroatoms. The highest BCUT2D eigenvalue weighted by Gasteiger charge is 2.44. The van der Waals surface area contributed by atoms with Crippen molar-refractivity contribution in [1.82, 2.24) is 20.4 Å². The summed E-state index contributed by atoms with van der Waals surface area (Å²) in [6.07, 6.45) is 1.33. The zero-order valence-corrected chi connectivity index (χ0v) is 16.8. The van der Waals surface area contributed by atoms with Crippen LogP contribution in [0.15, 0.2) is 18.2 Å². The van der Waals surface area contributed by atoms with Gasteiger partial charge in [0.25, 0.3) is 11.8 Å². The van der Waals surface area contributed by atoms with Gasteiger partial charge in [-0.25, -0.2) is 0 Å². The molecule has 0 aromatic heterocycles. The Morgan fingerprint density at radius 2 is 1.86 bits per heavy atom. The maximum Gasteiger partial charge on any atom is 0.262 e. The lowest BCUT2D eigenvalue weighted by Crippen LogP contribution is -2.54. The molecule has 3 aliphatic rings. The van der Waals surface area contributed by atoms with Crippen molar-refractivity contribution in [2.24, 2.45) is 0 Å². The van der Waals surface area contributed by atoms with Crippen molar-refractivity contribution in [2.75, 3.05) is 19.6 Å². The van der Waals surface area contributed by atoms with Gasteiger partial charge in [0, 0.05) is 31.6 Å². The predicted molar refractivity (Wildman–Crippen MR) is 105 cm³/mol. The molecule has 154 valence electrons. The quantitative estimate of drug-likeness (QED) is 0.726. The number of rotatable bonds is 3. The molecular weight excluding hydrogens is 372 g/mol. The van der Waals surface area contributed by atoms with Crippen LogP contribution in [-0.4, -0.2) is 64.6 Å². The van der Waals surface area contributed by atoms with Crippen molar-refractivity contribution in [3.63, 3.8) is 0 Å². The molecule has 4 rings (SSSR count). The molecule has 3 aliphatic heterocycles. The highest BCUT2D eigenvalue weighted by molar-refractivity contribution is 6.23. The number of nitrogens with one attached hydrogen (secondary N) is 2. The fourth-order valence-electron chi connectivity index (χ4n) is 4.33. The summed E-state index contributed by atoms with van der Waals surface area (Å²) in [6.45, 7) is 7.89. The van der Waals surface area contributed by atoms with E-state index in [1.54, 1.807) is 12.1 Å². The number of nitrogens with zero attached hydrogens (tertiary/aromatic N) is 2. The molecule has 3 heterocycles. The largest absolute Gasteiger partial charge is 0.315 e. The van der Waals surface area contributed by atoms with E-state index >= 15 is 0 Å². The third-order valence-electron chi connectivity index (χ3n) is 6.07. The molecule has 0 saturated carbocycles. The summed E-state index contributed by atoms with van der Waals surface area (Å²) in [4.78, 5) is 52.7. The van der Waals surface area contributed by atoms with Crippen molar-refractivity contribution in [3.8, 4) is 0 Å². The monoisotopic (exact) mass is 398 g/mol. The van der Waals surface area contributed by atoms with Crippen LogP contribution < -0.4 is 10.6 Å². The fraction of sp³-hybridized carbons (Fsp3) is 0.524. The van der Waals surface area contributed by atoms with Crippen LogP contribution in [0.25, 0.3) is 0 Å². The highest BCUT2D eigenvalue weighted by Crippen LogP contribution is 2.29. The Balaban J connectivity index is 1.57. The van der Waals surface area contributed by atoms with Gasteiger partial charge in [-0.2, -0.15) is 0 Å². The average Bonchev–Trinajstić information content (AvgIpc) is 2.79. The van der Waals surface area contributed by atoms with Gasteiger partial charge in [0.1, 0.15) is 6.04 Å². The minimum atomic E-state index is -0.931. The molecule has 4 amide bonds. The molecular formula is C21H26N4O4. The fourth-order valence-corrected chi connectivity index (χ4v) is 4.33. The summed E-state index contributed by atoms with van der Waals surface area (Å²) in [5.41, 5.74) is 1.60. The summed E-state index contributed by atoms with van der Waals surface area (Å²) < 4.78 is 0. The van der Waals surface area contributed by atoms with E-state index in [0.717, 1.165) is 36.5 Å². The maximum absolute atomic E-state index is 13.0. The van der Waals surface area contributed by atoms with Crippen LogP contribution in [0.5, 0.6) is 0 Å². The summed E-state index contributed by atoms with van der Waals surface area (Å²) in [7, 11) is 0. The molecule has 1 atom stereocenters. The third kappa shape index (κ3) is 3.58. The lowest BCUT2D eigenvalue weighted by molar-refractivity contribution is -0.136. The summed E-state index contributed by atoms with van der Waals surface area (Å²) >= 11 is 0. The number of amides is 4. The van der Waals surface area contributed by atoms with E-state index in [1.807, 2.05) is 6.07 Å². The van der Waals surface area contributed by atoms with E-state index in [4.69, 9.17) is 0 Å². The van der Waals surface area contributed by atoms with Crippen molar-refractivity contribution < 1.29 is 19.2 Å². The van der Waals surface area contributed by atoms with Gasteiger partial charge in [-0.1, -0.05) is 6.07 Å². The molecule has 8 nitrogen and oxygen atoms in total. The van der Waals surface area contributed by atoms with Gasteiger partial charge < -0.3 is 5.32 Å². The molecule has 2 saturated heterocycles. The number of benzene rings is 1. The van der Waals surface area contributed by atoms with Crippen LogP contribution in [-0.2, 0) is 16.1 Å². The summed E-state index contributed by atoms with van der Waals surface area (Å²) in [6, 6.07) is 4.40. The van der Waals surface area contributed by atoms with Crippen LogP contribution in [0.3, 0.4) is 0 Å². The maximum atomic E-state index is 13.0. The minimum absolute atomic E-state index is 0.0197. The molecule has 0 aliphatic carbocycles. The lowest BCUT2D eigenvalue weighted by atomic mass is 10.0. The van der Waals surface area contributed by atoms with Crippen LogP contribution in [0.1, 0.15) is 59.4 Å². The lowest BCUT2D eigenvalue weighted by Gasteiger charge is -2.37. The topological polar surface area (TPSA) is 98.8 Å². The molecule has 2 N–H and O–H groups in total. The smallest absolute Gasteiger partial charge is 0.262 e. The molecule has 29 heavy (non-hydrogen) atoms. The van der Waals surface area contributed by atoms with Gasteiger partial charge in [0.15, 0.2) is 0 Å². The zero-order chi connectivity index (χ0) is 20.8. The Bertz CT molecular complexity index is 895. The van der Waals surface area contributed by atoms with Gasteiger partial charge in [-0.3, -0.25) is 34.3 Å². The van der Waals surface area contributed by atoms with E-state index in [1.165, 1.54) is 0 Å². The van der Waals surface area contributed by atoms with Crippen LogP contribution >= 0.6 is 0 Å². The van der Waals surface area contributed by atoms with E-state index in [2.05, 4.69) is 29.4 Å². The summed E-state index contributed by atoms with van der Waals surface area (Å²) in [5, 5.41) is 5.67. The van der Waals surface area contributed by atoms with Gasteiger partial charge >= 0.3 is 0 Å². The Kier molecular flexibility index (Phi) is 5.00. The second-order valence-electron chi connectivity index (χ2n) is 8.59. The third-order valence-corrected chi connectivity index (χ3v) is 6.07. The first-order valence-corrected chi connectivity index (χ1v) is 10.1. The Labute approximate surface area is 169 Å². The van der Waals surface area contributed by atoms with E-state index in [0.29, 0.717) is 17.7 Å². The number of carbonyl (C=O) groups is 4. The minimum Gasteiger partial charge on any atom is -0.315 e. The van der Waals surface area contributed by atoms with E-state index < -0.39 is 23.8 Å². The number of piperidine rings is 1. The second-order valence-corrected chi connectivity index (χ2v) is 8.59. The first-order chi connectivity index (χ1) is 13.8. The van der Waals surface area contributed by atoms with Crippen LogP contribution in [0, 0.1) is 0 Å². The van der Waals surface area contributed by atoms with Crippen molar-refractivity contribution in [2.45, 2.75) is 51.2 Å². The van der Waals surface area contributed by atoms with Gasteiger partial charge in [-0.05, 0) is 50.9 Å². The van der Waals surface area contributed by atoms with Crippen LogP contribution in [0.4, 0.5) is 0 Å². The number of hydrogen-bond donors (Lipinski definition) is 2. The Hall–Kier alpha value is -2.58. The summed E-state index contributed by atoms with van der Waals surface area (Å²) in [5.74, 6) is -1.89. The normalized spacial score (nSPS) is 25.0. The highest BCUT2D eigenvalue weighted by atomic mass is 16.2. The van der Waals surface area contributed by atoms with Gasteiger partial charge in [0.05, 0.1) is 11.1 Å². The molecule has 0 spiro atoms. The van der Waals surface area contributed by atoms with E-state index in [-0.39, 0.29) is 24.3 Å². The Morgan fingerprint density at radius 1 is 1.10 bits per heavy atom. The Morgan fingerprint density at radius 3 is 2.62 bits per heavy atom. The number of fused-ring (bicyclic) bond motifs is 1.